The zero-order valence-corrected chi connectivity index (χ0v) is 11.0. The largest absolute Gasteiger partial charge is 0.381 e. The van der Waals surface area contributed by atoms with Gasteiger partial charge in [-0.25, -0.2) is 0 Å². The number of hydrogen-bond acceptors (Lipinski definition) is 2. The lowest BCUT2D eigenvalue weighted by atomic mass is 9.64. The maximum atomic E-state index is 5.45. The van der Waals surface area contributed by atoms with Crippen molar-refractivity contribution in [1.82, 2.24) is 5.32 Å². The van der Waals surface area contributed by atoms with E-state index in [9.17, 15) is 0 Å². The smallest absolute Gasteiger partial charge is 0.0652 e. The van der Waals surface area contributed by atoms with Gasteiger partial charge in [-0.1, -0.05) is 34.1 Å². The Morgan fingerprint density at radius 3 is 2.60 bits per heavy atom. The monoisotopic (exact) mass is 213 g/mol. The van der Waals surface area contributed by atoms with Crippen LogP contribution in [-0.2, 0) is 4.74 Å². The van der Waals surface area contributed by atoms with Crippen molar-refractivity contribution in [3.05, 3.63) is 0 Å². The van der Waals surface area contributed by atoms with Gasteiger partial charge in [-0.15, -0.1) is 0 Å². The van der Waals surface area contributed by atoms with Crippen LogP contribution in [0.3, 0.4) is 0 Å². The van der Waals surface area contributed by atoms with Gasteiger partial charge in [0.15, 0.2) is 0 Å². The molecule has 1 fully saturated rings. The van der Waals surface area contributed by atoms with Gasteiger partial charge in [-0.2, -0.15) is 0 Å². The van der Waals surface area contributed by atoms with Gasteiger partial charge in [0.05, 0.1) is 6.10 Å². The van der Waals surface area contributed by atoms with Crippen LogP contribution in [0.15, 0.2) is 0 Å². The average molecular weight is 213 g/mol. The van der Waals surface area contributed by atoms with E-state index in [1.54, 1.807) is 0 Å². The third-order valence-electron chi connectivity index (χ3n) is 3.96. The van der Waals surface area contributed by atoms with Crippen molar-refractivity contribution in [2.24, 2.45) is 11.3 Å². The zero-order chi connectivity index (χ0) is 11.5. The van der Waals surface area contributed by atoms with Crippen LogP contribution in [0.4, 0.5) is 0 Å². The molecule has 15 heavy (non-hydrogen) atoms. The molecule has 0 aliphatic heterocycles. The average Bonchev–Trinajstić information content (AvgIpc) is 2.17. The molecule has 0 spiro atoms. The van der Waals surface area contributed by atoms with Gasteiger partial charge in [-0.05, 0) is 25.3 Å². The van der Waals surface area contributed by atoms with Crippen LogP contribution in [0.5, 0.6) is 0 Å². The lowest BCUT2D eigenvalue weighted by Gasteiger charge is -2.51. The zero-order valence-electron chi connectivity index (χ0n) is 11.0. The first-order chi connectivity index (χ1) is 7.02. The van der Waals surface area contributed by atoms with Crippen LogP contribution in [0.1, 0.15) is 47.0 Å². The maximum Gasteiger partial charge on any atom is 0.0652 e. The molecular formula is C13H27NO. The van der Waals surface area contributed by atoms with Gasteiger partial charge in [0.1, 0.15) is 0 Å². The quantitative estimate of drug-likeness (QED) is 0.732. The summed E-state index contributed by atoms with van der Waals surface area (Å²) in [6.07, 6.45) is 4.23. The third kappa shape index (κ3) is 2.94. The normalized spacial score (nSPS) is 31.0. The van der Waals surface area contributed by atoms with Crippen LogP contribution in [0.25, 0.3) is 0 Å². The molecule has 0 aromatic heterocycles. The fraction of sp³-hybridized carbons (Fsp3) is 1.00. The van der Waals surface area contributed by atoms with E-state index in [1.165, 1.54) is 19.3 Å². The van der Waals surface area contributed by atoms with Crippen molar-refractivity contribution in [2.45, 2.75) is 59.1 Å². The topological polar surface area (TPSA) is 21.3 Å². The minimum atomic E-state index is 0.306. The predicted octanol–water partition coefficient (Wildman–Crippen LogP) is 2.83. The van der Waals surface area contributed by atoms with Crippen LogP contribution in [0, 0.1) is 11.3 Å². The Labute approximate surface area is 94.8 Å². The molecule has 1 rings (SSSR count). The molecule has 0 radical (unpaired) electrons. The first-order valence-electron chi connectivity index (χ1n) is 6.28. The Morgan fingerprint density at radius 2 is 2.13 bits per heavy atom. The molecule has 0 saturated heterocycles. The summed E-state index contributed by atoms with van der Waals surface area (Å²) < 4.78 is 5.45. The Morgan fingerprint density at radius 1 is 1.47 bits per heavy atom. The van der Waals surface area contributed by atoms with Gasteiger partial charge in [-0.3, -0.25) is 0 Å². The molecule has 1 aliphatic rings. The predicted molar refractivity (Wildman–Crippen MR) is 65.1 cm³/mol. The number of ether oxygens (including phenoxy) is 1. The highest BCUT2D eigenvalue weighted by Gasteiger charge is 2.48. The van der Waals surface area contributed by atoms with Crippen molar-refractivity contribution in [3.63, 3.8) is 0 Å². The first-order valence-corrected chi connectivity index (χ1v) is 6.28. The molecule has 1 saturated carbocycles. The van der Waals surface area contributed by atoms with E-state index in [2.05, 4.69) is 33.0 Å². The number of hydrogen-bond donors (Lipinski definition) is 1. The summed E-state index contributed by atoms with van der Waals surface area (Å²) in [6, 6.07) is 0.641. The summed E-state index contributed by atoms with van der Waals surface area (Å²) in [7, 11) is 1.82. The number of rotatable bonds is 6. The fourth-order valence-corrected chi connectivity index (χ4v) is 2.57. The van der Waals surface area contributed by atoms with Crippen molar-refractivity contribution in [2.75, 3.05) is 13.7 Å². The van der Waals surface area contributed by atoms with E-state index in [0.717, 1.165) is 12.5 Å². The lowest BCUT2D eigenvalue weighted by Crippen LogP contribution is -2.61. The molecule has 0 aromatic rings. The standard InChI is InChI=1S/C13H27NO/c1-6-7-10(2)9-14-11-8-12(15-5)13(11,3)4/h10-12,14H,6-9H2,1-5H3. The lowest BCUT2D eigenvalue weighted by molar-refractivity contribution is -0.0979. The summed E-state index contributed by atoms with van der Waals surface area (Å²) in [5.74, 6) is 0.799. The highest BCUT2D eigenvalue weighted by atomic mass is 16.5. The van der Waals surface area contributed by atoms with E-state index in [4.69, 9.17) is 4.74 Å². The van der Waals surface area contributed by atoms with E-state index in [-0.39, 0.29) is 0 Å². The molecule has 3 unspecified atom stereocenters. The van der Waals surface area contributed by atoms with Gasteiger partial charge < -0.3 is 10.1 Å². The van der Waals surface area contributed by atoms with Crippen LogP contribution in [0.2, 0.25) is 0 Å². The second kappa shape index (κ2) is 5.31. The highest BCUT2D eigenvalue weighted by molar-refractivity contribution is 5.02. The van der Waals surface area contributed by atoms with E-state index < -0.39 is 0 Å². The molecule has 0 aromatic carbocycles. The van der Waals surface area contributed by atoms with Crippen molar-refractivity contribution >= 4 is 0 Å². The highest BCUT2D eigenvalue weighted by Crippen LogP contribution is 2.42. The SMILES string of the molecule is CCCC(C)CNC1CC(OC)C1(C)C. The number of nitrogens with one attached hydrogen (secondary N) is 1. The van der Waals surface area contributed by atoms with Crippen LogP contribution >= 0.6 is 0 Å². The Bertz CT molecular complexity index is 191. The van der Waals surface area contributed by atoms with E-state index in [1.807, 2.05) is 7.11 Å². The van der Waals surface area contributed by atoms with E-state index in [0.29, 0.717) is 17.6 Å². The van der Waals surface area contributed by atoms with Crippen molar-refractivity contribution < 1.29 is 4.74 Å². The number of methoxy groups -OCH3 is 1. The first kappa shape index (κ1) is 13.0. The minimum absolute atomic E-state index is 0.306. The molecule has 0 heterocycles. The second-order valence-electron chi connectivity index (χ2n) is 5.64. The summed E-state index contributed by atoms with van der Waals surface area (Å²) >= 11 is 0. The van der Waals surface area contributed by atoms with Gasteiger partial charge in [0.25, 0.3) is 0 Å². The van der Waals surface area contributed by atoms with Crippen LogP contribution in [-0.4, -0.2) is 25.8 Å². The van der Waals surface area contributed by atoms with Gasteiger partial charge in [0, 0.05) is 18.6 Å². The van der Waals surface area contributed by atoms with E-state index >= 15 is 0 Å². The molecule has 2 nitrogen and oxygen atoms in total. The summed E-state index contributed by atoms with van der Waals surface area (Å²) in [6.45, 7) is 10.3. The van der Waals surface area contributed by atoms with Gasteiger partial charge in [0.2, 0.25) is 0 Å². The summed E-state index contributed by atoms with van der Waals surface area (Å²) in [5, 5.41) is 3.68. The van der Waals surface area contributed by atoms with Crippen molar-refractivity contribution in [3.8, 4) is 0 Å². The molecule has 0 amide bonds. The molecule has 90 valence electrons. The molecular weight excluding hydrogens is 186 g/mol. The molecule has 3 atom stereocenters. The third-order valence-corrected chi connectivity index (χ3v) is 3.96. The Balaban J connectivity index is 2.24. The Kier molecular flexibility index (Phi) is 4.60. The maximum absolute atomic E-state index is 5.45. The Hall–Kier alpha value is -0.0800. The summed E-state index contributed by atoms with van der Waals surface area (Å²) in [5.41, 5.74) is 0.306. The molecule has 1 N–H and O–H groups in total. The minimum Gasteiger partial charge on any atom is -0.381 e. The van der Waals surface area contributed by atoms with Gasteiger partial charge >= 0.3 is 0 Å². The molecule has 0 bridgehead atoms. The second-order valence-corrected chi connectivity index (χ2v) is 5.64. The van der Waals surface area contributed by atoms with Crippen molar-refractivity contribution in [1.29, 1.82) is 0 Å². The summed E-state index contributed by atoms with van der Waals surface area (Å²) in [4.78, 5) is 0. The van der Waals surface area contributed by atoms with Crippen LogP contribution < -0.4 is 5.32 Å². The fourth-order valence-electron chi connectivity index (χ4n) is 2.57. The molecule has 2 heteroatoms. The molecule has 1 aliphatic carbocycles.